The van der Waals surface area contributed by atoms with Gasteiger partial charge in [-0.2, -0.15) is 0 Å². The van der Waals surface area contributed by atoms with Crippen LogP contribution in [0.2, 0.25) is 0 Å². The predicted molar refractivity (Wildman–Crippen MR) is 130 cm³/mol. The molecule has 1 aromatic carbocycles. The molecule has 1 amide bonds. The second-order valence-electron chi connectivity index (χ2n) is 9.30. The summed E-state index contributed by atoms with van der Waals surface area (Å²) in [5.74, 6) is 1.70. The van der Waals surface area contributed by atoms with Gasteiger partial charge < -0.3 is 24.5 Å². The van der Waals surface area contributed by atoms with E-state index in [2.05, 4.69) is 37.1 Å². The maximum absolute atomic E-state index is 11.8. The summed E-state index contributed by atoms with van der Waals surface area (Å²) >= 11 is 0. The van der Waals surface area contributed by atoms with E-state index >= 15 is 0 Å². The summed E-state index contributed by atoms with van der Waals surface area (Å²) in [6.45, 7) is 5.88. The molecule has 3 aliphatic rings. The number of hydrogen-bond donors (Lipinski definition) is 1. The molecule has 10 heteroatoms. The van der Waals surface area contributed by atoms with Crippen molar-refractivity contribution in [2.75, 3.05) is 31.7 Å². The van der Waals surface area contributed by atoms with Gasteiger partial charge >= 0.3 is 6.09 Å². The number of aromatic nitrogens is 3. The SMILES string of the molecule is COC(=O)N[C@@H]1CCN(c2nc3ccc(C4C(C)=NOC4C)c4c3n2[C@@H](c2ccccn2)CO4)C1. The van der Waals surface area contributed by atoms with Gasteiger partial charge in [0, 0.05) is 24.8 Å². The van der Waals surface area contributed by atoms with Crippen LogP contribution in [0.4, 0.5) is 10.7 Å². The fourth-order valence-corrected chi connectivity index (χ4v) is 5.49. The van der Waals surface area contributed by atoms with Gasteiger partial charge in [0.2, 0.25) is 5.95 Å². The monoisotopic (exact) mass is 476 g/mol. The van der Waals surface area contributed by atoms with Crippen LogP contribution < -0.4 is 15.0 Å². The summed E-state index contributed by atoms with van der Waals surface area (Å²) in [5, 5.41) is 7.14. The van der Waals surface area contributed by atoms with Crippen LogP contribution in [-0.2, 0) is 9.57 Å². The number of amides is 1. The van der Waals surface area contributed by atoms with E-state index in [1.807, 2.05) is 32.0 Å². The fourth-order valence-electron chi connectivity index (χ4n) is 5.49. The van der Waals surface area contributed by atoms with Gasteiger partial charge in [-0.1, -0.05) is 17.3 Å². The first kappa shape index (κ1) is 21.7. The Bertz CT molecular complexity index is 1310. The minimum Gasteiger partial charge on any atom is -0.488 e. The lowest BCUT2D eigenvalue weighted by Crippen LogP contribution is -2.37. The number of pyridine rings is 1. The first-order chi connectivity index (χ1) is 17.0. The summed E-state index contributed by atoms with van der Waals surface area (Å²) < 4.78 is 13.5. The van der Waals surface area contributed by atoms with Gasteiger partial charge in [-0.3, -0.25) is 9.55 Å². The van der Waals surface area contributed by atoms with Crippen LogP contribution in [0.3, 0.4) is 0 Å². The highest BCUT2D eigenvalue weighted by molar-refractivity contribution is 5.94. The maximum atomic E-state index is 11.8. The molecule has 0 aliphatic carbocycles. The van der Waals surface area contributed by atoms with Crippen molar-refractivity contribution in [3.63, 3.8) is 0 Å². The Morgan fingerprint density at radius 1 is 1.26 bits per heavy atom. The third-order valence-corrected chi connectivity index (χ3v) is 7.14. The summed E-state index contributed by atoms with van der Waals surface area (Å²) in [6, 6.07) is 9.93. The summed E-state index contributed by atoms with van der Waals surface area (Å²) in [4.78, 5) is 29.3. The zero-order valence-electron chi connectivity index (χ0n) is 20.0. The van der Waals surface area contributed by atoms with Crippen molar-refractivity contribution < 1.29 is 19.1 Å². The topological polar surface area (TPSA) is 103 Å². The molecule has 1 N–H and O–H groups in total. The second-order valence-corrected chi connectivity index (χ2v) is 9.30. The lowest BCUT2D eigenvalue weighted by atomic mass is 9.89. The molecule has 0 bridgehead atoms. The van der Waals surface area contributed by atoms with Gasteiger partial charge in [0.15, 0.2) is 0 Å². The number of carbonyl (C=O) groups is 1. The lowest BCUT2D eigenvalue weighted by molar-refractivity contribution is 0.0897. The maximum Gasteiger partial charge on any atom is 0.407 e. The molecule has 2 aromatic heterocycles. The van der Waals surface area contributed by atoms with Crippen LogP contribution in [0.15, 0.2) is 41.7 Å². The van der Waals surface area contributed by atoms with Crippen molar-refractivity contribution >= 4 is 28.8 Å². The van der Waals surface area contributed by atoms with Gasteiger partial charge in [-0.25, -0.2) is 9.78 Å². The van der Waals surface area contributed by atoms with Gasteiger partial charge in [-0.05, 0) is 38.5 Å². The van der Waals surface area contributed by atoms with Crippen molar-refractivity contribution in [1.82, 2.24) is 19.9 Å². The highest BCUT2D eigenvalue weighted by Gasteiger charge is 2.38. The number of anilines is 1. The van der Waals surface area contributed by atoms with E-state index in [1.54, 1.807) is 6.20 Å². The van der Waals surface area contributed by atoms with Gasteiger partial charge in [0.1, 0.15) is 30.0 Å². The minimum atomic E-state index is -0.414. The van der Waals surface area contributed by atoms with E-state index < -0.39 is 6.09 Å². The molecule has 10 nitrogen and oxygen atoms in total. The van der Waals surface area contributed by atoms with E-state index in [4.69, 9.17) is 19.3 Å². The smallest absolute Gasteiger partial charge is 0.407 e. The molecule has 35 heavy (non-hydrogen) atoms. The molecule has 0 saturated carbocycles. The summed E-state index contributed by atoms with van der Waals surface area (Å²) in [5.41, 5.74) is 4.73. The third kappa shape index (κ3) is 3.55. The minimum absolute atomic E-state index is 0.00594. The molecule has 6 rings (SSSR count). The molecule has 0 radical (unpaired) electrons. The second kappa shape index (κ2) is 8.44. The molecule has 4 atom stereocenters. The number of nitrogens with one attached hydrogen (secondary N) is 1. The van der Waals surface area contributed by atoms with Gasteiger partial charge in [0.05, 0.1) is 36.0 Å². The molecule has 2 unspecified atom stereocenters. The zero-order chi connectivity index (χ0) is 24.1. The van der Waals surface area contributed by atoms with E-state index in [1.165, 1.54) is 7.11 Å². The normalized spacial score (nSPS) is 25.2. The Balaban J connectivity index is 1.48. The number of ether oxygens (including phenoxy) is 2. The molecular formula is C25H28N6O4. The molecular weight excluding hydrogens is 448 g/mol. The summed E-state index contributed by atoms with van der Waals surface area (Å²) in [6.07, 6.45) is 2.13. The molecule has 1 fully saturated rings. The Morgan fingerprint density at radius 2 is 2.14 bits per heavy atom. The van der Waals surface area contributed by atoms with E-state index in [-0.39, 0.29) is 24.1 Å². The molecule has 5 heterocycles. The molecule has 3 aliphatic heterocycles. The first-order valence-corrected chi connectivity index (χ1v) is 11.9. The summed E-state index contributed by atoms with van der Waals surface area (Å²) in [7, 11) is 1.38. The standard InChI is InChI=1S/C25H28N6O4/c1-14-21(15(2)35-29-14)17-7-8-19-22-23(17)34-13-20(18-6-4-5-10-26-18)31(22)24(28-19)30-11-9-16(12-30)27-25(32)33-3/h4-8,10,15-16,20-21H,9,11-13H2,1-3H3,(H,27,32)/t15?,16-,20-,21?/m1/s1. The number of hydrogen-bond acceptors (Lipinski definition) is 8. The number of oxime groups is 1. The van der Waals surface area contributed by atoms with E-state index in [9.17, 15) is 4.79 Å². The quantitative estimate of drug-likeness (QED) is 0.617. The van der Waals surface area contributed by atoms with Gasteiger partial charge in [0.25, 0.3) is 0 Å². The average molecular weight is 477 g/mol. The van der Waals surface area contributed by atoms with E-state index in [0.717, 1.165) is 52.7 Å². The van der Waals surface area contributed by atoms with Crippen LogP contribution in [0.5, 0.6) is 5.75 Å². The largest absolute Gasteiger partial charge is 0.488 e. The van der Waals surface area contributed by atoms with Crippen molar-refractivity contribution in [3.05, 3.63) is 47.8 Å². The van der Waals surface area contributed by atoms with Crippen molar-refractivity contribution in [2.45, 2.75) is 44.4 Å². The third-order valence-electron chi connectivity index (χ3n) is 7.14. The molecule has 3 aromatic rings. The number of methoxy groups -OCH3 is 1. The van der Waals surface area contributed by atoms with Crippen molar-refractivity contribution in [1.29, 1.82) is 0 Å². The Morgan fingerprint density at radius 3 is 2.89 bits per heavy atom. The first-order valence-electron chi connectivity index (χ1n) is 11.9. The number of carbonyl (C=O) groups excluding carboxylic acids is 1. The Hall–Kier alpha value is -3.82. The number of rotatable bonds is 4. The lowest BCUT2D eigenvalue weighted by Gasteiger charge is -2.31. The van der Waals surface area contributed by atoms with Crippen molar-refractivity contribution in [2.24, 2.45) is 5.16 Å². The fraction of sp³-hybridized carbons (Fsp3) is 0.440. The van der Waals surface area contributed by atoms with Crippen LogP contribution >= 0.6 is 0 Å². The highest BCUT2D eigenvalue weighted by Crippen LogP contribution is 2.45. The predicted octanol–water partition coefficient (Wildman–Crippen LogP) is 3.23. The van der Waals surface area contributed by atoms with Crippen LogP contribution in [-0.4, -0.2) is 65.3 Å². The molecule has 1 saturated heterocycles. The Kier molecular flexibility index (Phi) is 5.23. The van der Waals surface area contributed by atoms with Crippen molar-refractivity contribution in [3.8, 4) is 5.75 Å². The van der Waals surface area contributed by atoms with Crippen LogP contribution in [0.25, 0.3) is 11.0 Å². The number of imidazole rings is 1. The zero-order valence-corrected chi connectivity index (χ0v) is 20.0. The van der Waals surface area contributed by atoms with Gasteiger partial charge in [-0.15, -0.1) is 0 Å². The highest BCUT2D eigenvalue weighted by atomic mass is 16.6. The molecule has 0 spiro atoms. The van der Waals surface area contributed by atoms with Crippen LogP contribution in [0.1, 0.15) is 43.5 Å². The number of alkyl carbamates (subject to hydrolysis) is 1. The Labute approximate surface area is 202 Å². The molecule has 182 valence electrons. The number of benzene rings is 1. The number of nitrogens with zero attached hydrogens (tertiary/aromatic N) is 5. The van der Waals surface area contributed by atoms with E-state index in [0.29, 0.717) is 13.2 Å². The van der Waals surface area contributed by atoms with Crippen LogP contribution in [0, 0.1) is 0 Å². The average Bonchev–Trinajstić information content (AvgIpc) is 3.58.